The summed E-state index contributed by atoms with van der Waals surface area (Å²) in [6, 6.07) is 14.6. The normalized spacial score (nSPS) is 10.8. The Kier molecular flexibility index (Phi) is 6.24. The van der Waals surface area contributed by atoms with E-state index < -0.39 is 0 Å². The van der Waals surface area contributed by atoms with Crippen LogP contribution in [0.3, 0.4) is 0 Å². The number of carbonyl (C=O) groups excluding carboxylic acids is 1. The Labute approximate surface area is 143 Å². The molecule has 1 amide bonds. The molecule has 4 heteroatoms. The monoisotopic (exact) mass is 327 g/mol. The van der Waals surface area contributed by atoms with Gasteiger partial charge in [0.15, 0.2) is 0 Å². The molecule has 0 heterocycles. The Bertz CT molecular complexity index is 663. The number of benzene rings is 2. The van der Waals surface area contributed by atoms with Crippen molar-refractivity contribution < 1.29 is 14.3 Å². The Hall–Kier alpha value is -2.49. The summed E-state index contributed by atoms with van der Waals surface area (Å²) in [6.45, 7) is 8.75. The van der Waals surface area contributed by atoms with Gasteiger partial charge in [0.2, 0.25) is 0 Å². The molecule has 0 aromatic heterocycles. The molecule has 128 valence electrons. The van der Waals surface area contributed by atoms with Crippen LogP contribution in [0.15, 0.2) is 48.5 Å². The molecule has 4 nitrogen and oxygen atoms in total. The lowest BCUT2D eigenvalue weighted by Crippen LogP contribution is -2.12. The summed E-state index contributed by atoms with van der Waals surface area (Å²) in [6.07, 6.45) is 0.124. The fourth-order valence-electron chi connectivity index (χ4n) is 2.08. The number of rotatable bonds is 7. The van der Waals surface area contributed by atoms with E-state index in [4.69, 9.17) is 9.47 Å². The summed E-state index contributed by atoms with van der Waals surface area (Å²) in [4.78, 5) is 12.4. The van der Waals surface area contributed by atoms with Crippen molar-refractivity contribution in [3.05, 3.63) is 54.1 Å². The third kappa shape index (κ3) is 5.61. The highest BCUT2D eigenvalue weighted by molar-refractivity contribution is 6.04. The lowest BCUT2D eigenvalue weighted by molar-refractivity contribution is 0.102. The van der Waals surface area contributed by atoms with Crippen molar-refractivity contribution in [3.8, 4) is 11.5 Å². The minimum atomic E-state index is -0.164. The molecule has 0 atom stereocenters. The van der Waals surface area contributed by atoms with Crippen LogP contribution >= 0.6 is 0 Å². The minimum absolute atomic E-state index is 0.124. The Morgan fingerprint density at radius 1 is 1.00 bits per heavy atom. The van der Waals surface area contributed by atoms with Crippen LogP contribution in [0.2, 0.25) is 0 Å². The van der Waals surface area contributed by atoms with E-state index in [9.17, 15) is 4.79 Å². The molecule has 0 bridgehead atoms. The number of carbonyl (C=O) groups is 1. The zero-order valence-electron chi connectivity index (χ0n) is 14.7. The average molecular weight is 327 g/mol. The molecule has 24 heavy (non-hydrogen) atoms. The number of ether oxygens (including phenoxy) is 2. The first-order valence-electron chi connectivity index (χ1n) is 8.25. The standard InChI is InChI=1S/C20H25NO3/c1-14(2)13-23-19-7-5-6-16(12-19)20(22)21-17-8-10-18(11-9-17)24-15(3)4/h5-12,14-15H,13H2,1-4H3,(H,21,22). The van der Waals surface area contributed by atoms with E-state index in [1.54, 1.807) is 12.1 Å². The van der Waals surface area contributed by atoms with E-state index in [0.717, 1.165) is 11.4 Å². The van der Waals surface area contributed by atoms with Gasteiger partial charge in [0.25, 0.3) is 5.91 Å². The van der Waals surface area contributed by atoms with E-state index in [0.29, 0.717) is 23.8 Å². The van der Waals surface area contributed by atoms with Gasteiger partial charge >= 0.3 is 0 Å². The lowest BCUT2D eigenvalue weighted by Gasteiger charge is -2.11. The zero-order valence-corrected chi connectivity index (χ0v) is 14.7. The summed E-state index contributed by atoms with van der Waals surface area (Å²) in [5.74, 6) is 1.76. The molecule has 0 fully saturated rings. The summed E-state index contributed by atoms with van der Waals surface area (Å²) in [5.41, 5.74) is 1.29. The van der Waals surface area contributed by atoms with Crippen LogP contribution in [0.5, 0.6) is 11.5 Å². The zero-order chi connectivity index (χ0) is 17.5. The molecule has 0 saturated carbocycles. The minimum Gasteiger partial charge on any atom is -0.493 e. The van der Waals surface area contributed by atoms with Crippen molar-refractivity contribution >= 4 is 11.6 Å². The molecule has 0 saturated heterocycles. The second kappa shape index (κ2) is 8.39. The highest BCUT2D eigenvalue weighted by atomic mass is 16.5. The van der Waals surface area contributed by atoms with E-state index >= 15 is 0 Å². The molecular weight excluding hydrogens is 302 g/mol. The van der Waals surface area contributed by atoms with Crippen molar-refractivity contribution in [2.24, 2.45) is 5.92 Å². The molecule has 2 aromatic carbocycles. The van der Waals surface area contributed by atoms with Crippen LogP contribution in [0.25, 0.3) is 0 Å². The fourth-order valence-corrected chi connectivity index (χ4v) is 2.08. The maximum Gasteiger partial charge on any atom is 0.255 e. The topological polar surface area (TPSA) is 47.6 Å². The SMILES string of the molecule is CC(C)COc1cccc(C(=O)Nc2ccc(OC(C)C)cc2)c1. The first-order valence-corrected chi connectivity index (χ1v) is 8.25. The van der Waals surface area contributed by atoms with Crippen LogP contribution in [0.4, 0.5) is 5.69 Å². The average Bonchev–Trinajstić information content (AvgIpc) is 2.54. The third-order valence-electron chi connectivity index (χ3n) is 3.16. The van der Waals surface area contributed by atoms with Gasteiger partial charge in [-0.1, -0.05) is 19.9 Å². The molecule has 1 N–H and O–H groups in total. The number of hydrogen-bond acceptors (Lipinski definition) is 3. The quantitative estimate of drug-likeness (QED) is 0.797. The molecule has 0 aliphatic carbocycles. The van der Waals surface area contributed by atoms with Crippen LogP contribution in [0.1, 0.15) is 38.1 Å². The first-order chi connectivity index (χ1) is 11.4. The smallest absolute Gasteiger partial charge is 0.255 e. The molecular formula is C20H25NO3. The molecule has 0 radical (unpaired) electrons. The predicted molar refractivity (Wildman–Crippen MR) is 96.9 cm³/mol. The van der Waals surface area contributed by atoms with E-state index in [1.807, 2.05) is 50.2 Å². The largest absolute Gasteiger partial charge is 0.493 e. The van der Waals surface area contributed by atoms with Crippen LogP contribution in [0, 0.1) is 5.92 Å². The predicted octanol–water partition coefficient (Wildman–Crippen LogP) is 4.76. The number of anilines is 1. The number of nitrogens with one attached hydrogen (secondary N) is 1. The summed E-state index contributed by atoms with van der Waals surface area (Å²) >= 11 is 0. The lowest BCUT2D eigenvalue weighted by atomic mass is 10.2. The highest BCUT2D eigenvalue weighted by Crippen LogP contribution is 2.19. The van der Waals surface area contributed by atoms with Gasteiger partial charge in [-0.05, 0) is 62.2 Å². The molecule has 0 aliphatic rings. The van der Waals surface area contributed by atoms with Gasteiger partial charge in [0.05, 0.1) is 12.7 Å². The van der Waals surface area contributed by atoms with Gasteiger partial charge in [0.1, 0.15) is 11.5 Å². The Morgan fingerprint density at radius 2 is 1.71 bits per heavy atom. The second-order valence-corrected chi connectivity index (χ2v) is 6.38. The van der Waals surface area contributed by atoms with Crippen LogP contribution in [-0.4, -0.2) is 18.6 Å². The van der Waals surface area contributed by atoms with E-state index in [2.05, 4.69) is 19.2 Å². The number of amides is 1. The maximum absolute atomic E-state index is 12.4. The molecule has 2 rings (SSSR count). The fraction of sp³-hybridized carbons (Fsp3) is 0.350. The van der Waals surface area contributed by atoms with Gasteiger partial charge in [-0.25, -0.2) is 0 Å². The maximum atomic E-state index is 12.4. The Morgan fingerprint density at radius 3 is 2.33 bits per heavy atom. The Balaban J connectivity index is 2.00. The number of hydrogen-bond donors (Lipinski definition) is 1. The first kappa shape index (κ1) is 17.9. The van der Waals surface area contributed by atoms with Crippen molar-refractivity contribution in [1.29, 1.82) is 0 Å². The summed E-state index contributed by atoms with van der Waals surface area (Å²) in [5, 5.41) is 2.88. The summed E-state index contributed by atoms with van der Waals surface area (Å²) in [7, 11) is 0. The molecule has 2 aromatic rings. The molecule has 0 spiro atoms. The van der Waals surface area contributed by atoms with Crippen molar-refractivity contribution in [1.82, 2.24) is 0 Å². The van der Waals surface area contributed by atoms with Gasteiger partial charge in [-0.2, -0.15) is 0 Å². The highest BCUT2D eigenvalue weighted by Gasteiger charge is 2.08. The van der Waals surface area contributed by atoms with E-state index in [-0.39, 0.29) is 12.0 Å². The molecule has 0 unspecified atom stereocenters. The van der Waals surface area contributed by atoms with Crippen molar-refractivity contribution in [2.75, 3.05) is 11.9 Å². The van der Waals surface area contributed by atoms with Crippen molar-refractivity contribution in [3.63, 3.8) is 0 Å². The van der Waals surface area contributed by atoms with E-state index in [1.165, 1.54) is 0 Å². The van der Waals surface area contributed by atoms with Gasteiger partial charge in [0, 0.05) is 11.3 Å². The third-order valence-corrected chi connectivity index (χ3v) is 3.16. The van der Waals surface area contributed by atoms with Crippen LogP contribution < -0.4 is 14.8 Å². The van der Waals surface area contributed by atoms with Gasteiger partial charge in [-0.15, -0.1) is 0 Å². The summed E-state index contributed by atoms with van der Waals surface area (Å²) < 4.78 is 11.3. The van der Waals surface area contributed by atoms with Crippen molar-refractivity contribution in [2.45, 2.75) is 33.8 Å². The second-order valence-electron chi connectivity index (χ2n) is 6.38. The van der Waals surface area contributed by atoms with Crippen LogP contribution in [-0.2, 0) is 0 Å². The van der Waals surface area contributed by atoms with Gasteiger partial charge < -0.3 is 14.8 Å². The van der Waals surface area contributed by atoms with Gasteiger partial charge in [-0.3, -0.25) is 4.79 Å². The molecule has 0 aliphatic heterocycles.